The van der Waals surface area contributed by atoms with Crippen LogP contribution in [0.25, 0.3) is 0 Å². The van der Waals surface area contributed by atoms with E-state index in [1.807, 2.05) is 0 Å². The average molecular weight is 476 g/mol. The second kappa shape index (κ2) is 21.9. The molecule has 44 heteroatoms. The van der Waals surface area contributed by atoms with Gasteiger partial charge < -0.3 is 0 Å². The first-order valence-corrected chi connectivity index (χ1v) is 14.3. The molecule has 0 saturated carbocycles. The predicted octanol–water partition coefficient (Wildman–Crippen LogP) is -16.8. The molecule has 132 valence electrons. The zero-order chi connectivity index (χ0) is 35.0. The molecule has 0 amide bonds. The van der Waals surface area contributed by atoms with Gasteiger partial charge in [-0.3, -0.25) is 0 Å². The lowest BCUT2D eigenvalue weighted by atomic mass is 8.30. The van der Waals surface area contributed by atoms with Crippen molar-refractivity contribution < 1.29 is 0 Å². The molecule has 0 saturated heterocycles. The SMILES string of the molecule is [B][B]B([B])B(B([B]B(B(B([B])[B])B([B])[B])B(B([B])[B])B([B])[B])B(B(B([B])[B])B([B])[B])B(B([B])[B])B([B])[B])B(B([B])[B])B([B])[B]. The van der Waals surface area contributed by atoms with Crippen LogP contribution in [-0.2, 0) is 0 Å². The minimum Gasteiger partial charge on any atom is 0 e. The monoisotopic (exact) mass is 484 g/mol. The molecule has 44 heavy (non-hydrogen) atoms. The summed E-state index contributed by atoms with van der Waals surface area (Å²) < 4.78 is 0. The maximum absolute atomic E-state index is 6.63. The summed E-state index contributed by atoms with van der Waals surface area (Å²) in [5.74, 6) is 0. The lowest BCUT2D eigenvalue weighted by Crippen LogP contribution is -2.89. The van der Waals surface area contributed by atoms with E-state index in [0.29, 0.717) is 0 Å². The molecular weight excluding hydrogens is 476 g/mol. The molecule has 0 nitrogen and oxygen atoms in total. The smallest absolute Gasteiger partial charge is 0 e. The van der Waals surface area contributed by atoms with E-state index in [-0.39, 0.29) is 0 Å². The molecule has 46 radical (unpaired) electrons. The van der Waals surface area contributed by atoms with Gasteiger partial charge in [0.25, 0.3) is 0 Å². The van der Waals surface area contributed by atoms with Crippen molar-refractivity contribution in [2.45, 2.75) is 0 Å². The van der Waals surface area contributed by atoms with Crippen LogP contribution in [0, 0.1) is 0 Å². The van der Waals surface area contributed by atoms with Gasteiger partial charge in [0.15, 0.2) is 0 Å². The van der Waals surface area contributed by atoms with Crippen LogP contribution >= 0.6 is 0 Å². The number of hydrogen-bond acceptors (Lipinski definition) is 0. The molecule has 0 aromatic heterocycles. The second-order valence-corrected chi connectivity index (χ2v) is 11.9. The molecule has 0 aliphatic carbocycles. The van der Waals surface area contributed by atoms with Gasteiger partial charge in [-0.2, -0.15) is 0 Å². The van der Waals surface area contributed by atoms with Gasteiger partial charge in [-0.25, -0.2) is 0 Å². The molecule has 0 aromatic rings. The van der Waals surface area contributed by atoms with Crippen LogP contribution in [0.4, 0.5) is 0 Å². The predicted molar refractivity (Wildman–Crippen MR) is 253 cm³/mol. The summed E-state index contributed by atoms with van der Waals surface area (Å²) in [7, 11) is 140. The molecule has 0 spiro atoms. The van der Waals surface area contributed by atoms with Crippen LogP contribution in [0.1, 0.15) is 0 Å². The summed E-state index contributed by atoms with van der Waals surface area (Å²) in [6.45, 7) is 0. The highest BCUT2D eigenvalue weighted by molar-refractivity contribution is 8.29. The quantitative estimate of drug-likeness (QED) is 0.145. The van der Waals surface area contributed by atoms with E-state index < -0.39 is 128 Å². The maximum Gasteiger partial charge on any atom is 0 e. The van der Waals surface area contributed by atoms with Crippen LogP contribution in [-0.4, -0.2) is 312 Å². The van der Waals surface area contributed by atoms with Gasteiger partial charge in [0, 0.05) is 312 Å². The molecule has 0 bridgehead atoms. The van der Waals surface area contributed by atoms with Crippen molar-refractivity contribution in [1.29, 1.82) is 0 Å². The third-order valence-corrected chi connectivity index (χ3v) is 8.67. The molecule has 0 atom stereocenters. The third-order valence-electron chi connectivity index (χ3n) is 8.67. The van der Waals surface area contributed by atoms with Crippen LogP contribution < -0.4 is 0 Å². The number of hydrogen-bond donors (Lipinski definition) is 0. The van der Waals surface area contributed by atoms with E-state index >= 15 is 0 Å². The maximum atomic E-state index is 6.63. The minimum absolute atomic E-state index is 0.962. The molecule has 0 aliphatic rings. The first-order chi connectivity index (χ1) is 20.1. The average Bonchev–Trinajstić information content (AvgIpc) is 2.82. The van der Waals surface area contributed by atoms with Gasteiger partial charge >= 0.3 is 0 Å². The highest BCUT2D eigenvalue weighted by atomic mass is 13.3. The summed E-state index contributed by atoms with van der Waals surface area (Å²) in [5.41, 5.74) is 0. The van der Waals surface area contributed by atoms with Crippen molar-refractivity contribution in [1.82, 2.24) is 0 Å². The Kier molecular flexibility index (Phi) is 23.4. The summed E-state index contributed by atoms with van der Waals surface area (Å²) in [5, 5.41) is 0. The van der Waals surface area contributed by atoms with Crippen molar-refractivity contribution in [3.05, 3.63) is 0 Å². The summed E-state index contributed by atoms with van der Waals surface area (Å²) in [6, 6.07) is 0. The van der Waals surface area contributed by atoms with E-state index in [9.17, 15) is 0 Å². The Balaban J connectivity index is 8.28. The Morgan fingerprint density at radius 2 is 0.455 bits per heavy atom. The van der Waals surface area contributed by atoms with Crippen molar-refractivity contribution in [2.24, 2.45) is 0 Å². The Morgan fingerprint density at radius 1 is 0.250 bits per heavy atom. The van der Waals surface area contributed by atoms with Gasteiger partial charge in [-0.1, -0.05) is 0 Å². The third kappa shape index (κ3) is 13.2. The van der Waals surface area contributed by atoms with Gasteiger partial charge in [0.05, 0.1) is 0 Å². The Morgan fingerprint density at radius 3 is 0.659 bits per heavy atom. The van der Waals surface area contributed by atoms with E-state index in [4.69, 9.17) is 170 Å². The molecule has 0 fully saturated rings. The Hall–Kier alpha value is 2.86. The standard InChI is InChI=1S/B44/c1-23-35(22)43(40(29(10)11)30(12)13)37(44(41(31(14)15)32(16)17)42(33(18)19)34(20)21)24-36(38(25(2)3)26(4)5)39(27(6)7)28(8)9. The summed E-state index contributed by atoms with van der Waals surface area (Å²) in [6.07, 6.45) is -21.7. The van der Waals surface area contributed by atoms with E-state index in [0.717, 1.165) is 0 Å². The van der Waals surface area contributed by atoms with Crippen molar-refractivity contribution >= 4 is 312 Å². The highest BCUT2D eigenvalue weighted by Gasteiger charge is 2.53. The lowest BCUT2D eigenvalue weighted by molar-refractivity contribution is 3.25. The van der Waals surface area contributed by atoms with E-state index in [2.05, 4.69) is 0 Å². The van der Waals surface area contributed by atoms with Crippen LogP contribution in [0.15, 0.2) is 0 Å². The highest BCUT2D eigenvalue weighted by Crippen LogP contribution is 2.15. The largest absolute Gasteiger partial charge is 0 e. The minimum atomic E-state index is -1.20. The normalized spacial score (nSPS) is 9.55. The number of rotatable bonds is 21. The fourth-order valence-corrected chi connectivity index (χ4v) is 6.80. The molecule has 0 aromatic carbocycles. The molecule has 0 N–H and O–H groups in total. The zero-order valence-corrected chi connectivity index (χ0v) is 25.4. The first-order valence-electron chi connectivity index (χ1n) is 14.3. The van der Waals surface area contributed by atoms with Gasteiger partial charge in [0.1, 0.15) is 0 Å². The first kappa shape index (κ1) is 46.9. The van der Waals surface area contributed by atoms with E-state index in [1.165, 1.54) is 7.06 Å². The van der Waals surface area contributed by atoms with Gasteiger partial charge in [-0.05, 0) is 0 Å². The van der Waals surface area contributed by atoms with Crippen LogP contribution in [0.2, 0.25) is 0 Å². The Bertz CT molecular complexity index is 638. The summed E-state index contributed by atoms with van der Waals surface area (Å²) in [4.78, 5) is 0. The van der Waals surface area contributed by atoms with Crippen LogP contribution in [0.5, 0.6) is 0 Å². The molecule has 0 rings (SSSR count). The van der Waals surface area contributed by atoms with Crippen molar-refractivity contribution in [3.63, 3.8) is 0 Å². The molecule has 0 unspecified atom stereocenters. The molecular formula is B44. The fraction of sp³-hybridized carbons (Fsp3) is 0. The second-order valence-electron chi connectivity index (χ2n) is 11.9. The zero-order valence-electron chi connectivity index (χ0n) is 25.4. The fourth-order valence-electron chi connectivity index (χ4n) is 6.80. The van der Waals surface area contributed by atoms with Crippen molar-refractivity contribution in [3.8, 4) is 0 Å². The summed E-state index contributed by atoms with van der Waals surface area (Å²) >= 11 is 0. The topological polar surface area (TPSA) is 0 Å². The van der Waals surface area contributed by atoms with Crippen LogP contribution in [0.3, 0.4) is 0 Å². The Labute approximate surface area is 309 Å². The molecule has 0 aliphatic heterocycles. The lowest BCUT2D eigenvalue weighted by Gasteiger charge is -2.51. The molecule has 0 heterocycles. The van der Waals surface area contributed by atoms with Crippen molar-refractivity contribution in [2.75, 3.05) is 0 Å². The van der Waals surface area contributed by atoms with Gasteiger partial charge in [0.2, 0.25) is 0 Å². The van der Waals surface area contributed by atoms with Gasteiger partial charge in [-0.15, -0.1) is 0 Å². The van der Waals surface area contributed by atoms with E-state index in [1.54, 1.807) is 7.06 Å².